The van der Waals surface area contributed by atoms with Gasteiger partial charge in [0.15, 0.2) is 11.5 Å². The lowest BCUT2D eigenvalue weighted by molar-refractivity contribution is 0.636. The summed E-state index contributed by atoms with van der Waals surface area (Å²) >= 11 is 6.11. The Morgan fingerprint density at radius 2 is 1.72 bits per heavy atom. The molecular formula is C18H21ClN6. The van der Waals surface area contributed by atoms with Gasteiger partial charge in [-0.25, -0.2) is 0 Å². The number of benzene rings is 1. The maximum Gasteiger partial charge on any atom is 0.178 e. The molecule has 3 aromatic rings. The molecule has 2 aromatic heterocycles. The minimum absolute atomic E-state index is 0.289. The summed E-state index contributed by atoms with van der Waals surface area (Å²) in [4.78, 5) is 4.67. The molecule has 0 spiro atoms. The van der Waals surface area contributed by atoms with Crippen LogP contribution in [0.5, 0.6) is 0 Å². The van der Waals surface area contributed by atoms with Gasteiger partial charge in [-0.05, 0) is 30.3 Å². The summed E-state index contributed by atoms with van der Waals surface area (Å²) in [5.74, 6) is 2.16. The Hall–Kier alpha value is -2.34. The van der Waals surface area contributed by atoms with Gasteiger partial charge in [-0.1, -0.05) is 31.5 Å². The van der Waals surface area contributed by atoms with E-state index >= 15 is 0 Å². The van der Waals surface area contributed by atoms with E-state index in [9.17, 15) is 0 Å². The van der Waals surface area contributed by atoms with Crippen molar-refractivity contribution >= 4 is 28.8 Å². The Balaban J connectivity index is 1.52. The molecule has 0 bridgehead atoms. The first-order valence-corrected chi connectivity index (χ1v) is 8.97. The number of piperazine rings is 1. The lowest BCUT2D eigenvalue weighted by Crippen LogP contribution is -2.47. The van der Waals surface area contributed by atoms with Crippen LogP contribution in [-0.4, -0.2) is 46.0 Å². The lowest BCUT2D eigenvalue weighted by atomic mass is 10.2. The Labute approximate surface area is 152 Å². The SMILES string of the molecule is CC(C)c1nnc2ccc(N3CCN(c4cccc(Cl)c4)CC3)nn12. The van der Waals surface area contributed by atoms with Crippen LogP contribution in [0.4, 0.5) is 11.5 Å². The molecule has 0 unspecified atom stereocenters. The third-order valence-corrected chi connectivity index (χ3v) is 4.80. The molecule has 0 radical (unpaired) electrons. The van der Waals surface area contributed by atoms with Crippen molar-refractivity contribution in [1.29, 1.82) is 0 Å². The fourth-order valence-electron chi connectivity index (χ4n) is 3.19. The number of aromatic nitrogens is 4. The molecule has 6 nitrogen and oxygen atoms in total. The molecule has 1 aliphatic heterocycles. The highest BCUT2D eigenvalue weighted by Crippen LogP contribution is 2.23. The molecule has 7 heteroatoms. The van der Waals surface area contributed by atoms with Gasteiger partial charge in [0.05, 0.1) is 0 Å². The number of hydrogen-bond donors (Lipinski definition) is 0. The van der Waals surface area contributed by atoms with Crippen molar-refractivity contribution in [2.24, 2.45) is 0 Å². The first-order valence-electron chi connectivity index (χ1n) is 8.59. The van der Waals surface area contributed by atoms with E-state index in [1.165, 1.54) is 5.69 Å². The first kappa shape index (κ1) is 16.1. The number of halogens is 1. The summed E-state index contributed by atoms with van der Waals surface area (Å²) in [5.41, 5.74) is 1.97. The molecule has 25 heavy (non-hydrogen) atoms. The average Bonchev–Trinajstić information content (AvgIpc) is 3.05. The molecule has 0 aliphatic carbocycles. The Morgan fingerprint density at radius 1 is 0.960 bits per heavy atom. The largest absolute Gasteiger partial charge is 0.368 e. The number of anilines is 2. The van der Waals surface area contributed by atoms with E-state index in [1.807, 2.05) is 34.8 Å². The Bertz CT molecular complexity index is 882. The van der Waals surface area contributed by atoms with E-state index < -0.39 is 0 Å². The second-order valence-electron chi connectivity index (χ2n) is 6.63. The van der Waals surface area contributed by atoms with Crippen molar-refractivity contribution in [2.75, 3.05) is 36.0 Å². The van der Waals surface area contributed by atoms with Crippen molar-refractivity contribution < 1.29 is 0 Å². The van der Waals surface area contributed by atoms with Crippen LogP contribution >= 0.6 is 11.6 Å². The summed E-state index contributed by atoms with van der Waals surface area (Å²) in [5, 5.41) is 14.0. The molecule has 1 aliphatic rings. The maximum atomic E-state index is 6.11. The molecule has 0 N–H and O–H groups in total. The van der Waals surface area contributed by atoms with E-state index in [1.54, 1.807) is 0 Å². The van der Waals surface area contributed by atoms with E-state index in [2.05, 4.69) is 39.9 Å². The quantitative estimate of drug-likeness (QED) is 0.721. The minimum Gasteiger partial charge on any atom is -0.368 e. The van der Waals surface area contributed by atoms with Gasteiger partial charge in [-0.15, -0.1) is 15.3 Å². The second-order valence-corrected chi connectivity index (χ2v) is 7.06. The van der Waals surface area contributed by atoms with E-state index in [-0.39, 0.29) is 5.92 Å². The van der Waals surface area contributed by atoms with Gasteiger partial charge in [0.1, 0.15) is 5.82 Å². The zero-order chi connectivity index (χ0) is 17.4. The second kappa shape index (κ2) is 6.52. The average molecular weight is 357 g/mol. The van der Waals surface area contributed by atoms with Crippen LogP contribution < -0.4 is 9.80 Å². The van der Waals surface area contributed by atoms with Gasteiger partial charge in [0, 0.05) is 42.8 Å². The Morgan fingerprint density at radius 3 is 2.44 bits per heavy atom. The van der Waals surface area contributed by atoms with Crippen molar-refractivity contribution in [3.05, 3.63) is 47.2 Å². The summed E-state index contributed by atoms with van der Waals surface area (Å²) in [7, 11) is 0. The third kappa shape index (κ3) is 3.14. The van der Waals surface area contributed by atoms with Crippen LogP contribution in [-0.2, 0) is 0 Å². The zero-order valence-electron chi connectivity index (χ0n) is 14.4. The van der Waals surface area contributed by atoms with Crippen molar-refractivity contribution in [3.8, 4) is 0 Å². The molecule has 1 saturated heterocycles. The highest BCUT2D eigenvalue weighted by molar-refractivity contribution is 6.30. The smallest absolute Gasteiger partial charge is 0.178 e. The summed E-state index contributed by atoms with van der Waals surface area (Å²) in [6, 6.07) is 12.1. The molecule has 0 saturated carbocycles. The Kier molecular flexibility index (Phi) is 4.21. The third-order valence-electron chi connectivity index (χ3n) is 4.57. The number of nitrogens with zero attached hydrogens (tertiary/aromatic N) is 6. The van der Waals surface area contributed by atoms with Crippen molar-refractivity contribution in [2.45, 2.75) is 19.8 Å². The van der Waals surface area contributed by atoms with Crippen LogP contribution in [0.2, 0.25) is 5.02 Å². The number of hydrogen-bond acceptors (Lipinski definition) is 5. The van der Waals surface area contributed by atoms with Crippen molar-refractivity contribution in [3.63, 3.8) is 0 Å². The van der Waals surface area contributed by atoms with Crippen LogP contribution in [0, 0.1) is 0 Å². The topological polar surface area (TPSA) is 49.6 Å². The predicted octanol–water partition coefficient (Wildman–Crippen LogP) is 3.23. The minimum atomic E-state index is 0.289. The van der Waals surface area contributed by atoms with Gasteiger partial charge in [-0.3, -0.25) is 0 Å². The molecule has 1 aromatic carbocycles. The van der Waals surface area contributed by atoms with Gasteiger partial charge >= 0.3 is 0 Å². The van der Waals surface area contributed by atoms with Gasteiger partial charge in [-0.2, -0.15) is 4.52 Å². The number of rotatable bonds is 3. The van der Waals surface area contributed by atoms with E-state index in [0.29, 0.717) is 0 Å². The first-order chi connectivity index (χ1) is 12.1. The van der Waals surface area contributed by atoms with E-state index in [0.717, 1.165) is 48.5 Å². The maximum absolute atomic E-state index is 6.11. The lowest BCUT2D eigenvalue weighted by Gasteiger charge is -2.36. The fraction of sp³-hybridized carbons (Fsp3) is 0.389. The summed E-state index contributed by atoms with van der Waals surface area (Å²) in [6.45, 7) is 7.94. The van der Waals surface area contributed by atoms with Gasteiger partial charge in [0.2, 0.25) is 0 Å². The predicted molar refractivity (Wildman–Crippen MR) is 101 cm³/mol. The normalized spacial score (nSPS) is 15.4. The molecular weight excluding hydrogens is 336 g/mol. The zero-order valence-corrected chi connectivity index (χ0v) is 15.2. The molecule has 3 heterocycles. The van der Waals surface area contributed by atoms with Crippen molar-refractivity contribution in [1.82, 2.24) is 19.8 Å². The van der Waals surface area contributed by atoms with Crippen LogP contribution in [0.15, 0.2) is 36.4 Å². The molecule has 1 fully saturated rings. The van der Waals surface area contributed by atoms with Gasteiger partial charge in [0.25, 0.3) is 0 Å². The highest BCUT2D eigenvalue weighted by Gasteiger charge is 2.20. The van der Waals surface area contributed by atoms with E-state index in [4.69, 9.17) is 16.7 Å². The summed E-state index contributed by atoms with van der Waals surface area (Å²) < 4.78 is 1.86. The highest BCUT2D eigenvalue weighted by atomic mass is 35.5. The standard InChI is InChI=1S/C18H21ClN6/c1-13(2)18-21-20-16-6-7-17(22-25(16)18)24-10-8-23(9-11-24)15-5-3-4-14(19)12-15/h3-7,12-13H,8-11H2,1-2H3. The van der Waals surface area contributed by atoms with Crippen LogP contribution in [0.25, 0.3) is 5.65 Å². The molecule has 0 atom stereocenters. The fourth-order valence-corrected chi connectivity index (χ4v) is 3.38. The van der Waals surface area contributed by atoms with Crippen LogP contribution in [0.3, 0.4) is 0 Å². The number of fused-ring (bicyclic) bond motifs is 1. The molecule has 0 amide bonds. The summed E-state index contributed by atoms with van der Waals surface area (Å²) in [6.07, 6.45) is 0. The molecule has 130 valence electrons. The van der Waals surface area contributed by atoms with Crippen LogP contribution in [0.1, 0.15) is 25.6 Å². The molecule has 4 rings (SSSR count). The van der Waals surface area contributed by atoms with Gasteiger partial charge < -0.3 is 9.80 Å². The monoisotopic (exact) mass is 356 g/mol.